The molecule has 0 aromatic heterocycles. The number of phenolic OH excluding ortho intramolecular Hbond substituents is 1. The summed E-state index contributed by atoms with van der Waals surface area (Å²) in [7, 11) is 3.81. The lowest BCUT2D eigenvalue weighted by molar-refractivity contribution is 0.0682. The van der Waals surface area contributed by atoms with Crippen LogP contribution in [0.15, 0.2) is 137 Å². The second kappa shape index (κ2) is 17.7. The Morgan fingerprint density at radius 3 is 1.97 bits per heavy atom. The predicted molar refractivity (Wildman–Crippen MR) is 256 cm³/mol. The molecule has 0 spiro atoms. The lowest BCUT2D eigenvalue weighted by Gasteiger charge is -2.24. The first kappa shape index (κ1) is 44.7. The van der Waals surface area contributed by atoms with E-state index in [0.29, 0.717) is 55.5 Å². The fourth-order valence-electron chi connectivity index (χ4n) is 8.41. The number of hydrogen-bond donors (Lipinski definition) is 6. The summed E-state index contributed by atoms with van der Waals surface area (Å²) in [6.45, 7) is 3.79. The van der Waals surface area contributed by atoms with Gasteiger partial charge in [-0.05, 0) is 101 Å². The SMILES string of the molecule is C=c1ccc2c(c1)Oc1cc(N(C)C)ccc1C=2c1ccc(C(=O)NCc2ccc(C(=O)NCc3c(O)ccc4c(-c5ccc(C(=O)O)cc5C(=O)O)c5ccc(=O)cc-5oc34)cc2)cc1C(=O)O. The molecule has 0 fully saturated rings. The Labute approximate surface area is 391 Å². The van der Waals surface area contributed by atoms with Crippen molar-refractivity contribution in [1.82, 2.24) is 10.6 Å². The molecule has 0 radical (unpaired) electrons. The molecule has 2 aliphatic heterocycles. The van der Waals surface area contributed by atoms with Crippen molar-refractivity contribution in [3.63, 3.8) is 0 Å². The topological polar surface area (TPSA) is 233 Å². The molecule has 69 heavy (non-hydrogen) atoms. The number of aromatic carboxylic acids is 3. The number of carboxylic acids is 3. The average molecular weight is 922 g/mol. The number of amides is 2. The molecule has 15 heteroatoms. The molecule has 0 bridgehead atoms. The number of nitrogens with one attached hydrogen (secondary N) is 2. The first-order valence-electron chi connectivity index (χ1n) is 21.2. The van der Waals surface area contributed by atoms with Crippen LogP contribution in [0.25, 0.3) is 45.6 Å². The molecule has 3 aliphatic rings. The molecule has 6 aromatic rings. The second-order valence-electron chi connectivity index (χ2n) is 16.5. The molecule has 2 amide bonds. The molecule has 1 aliphatic carbocycles. The van der Waals surface area contributed by atoms with Gasteiger partial charge in [-0.2, -0.15) is 0 Å². The number of nitrogens with zero attached hydrogens (tertiary/aromatic N) is 1. The van der Waals surface area contributed by atoms with Crippen molar-refractivity contribution in [2.24, 2.45) is 0 Å². The van der Waals surface area contributed by atoms with Gasteiger partial charge >= 0.3 is 17.9 Å². The van der Waals surface area contributed by atoms with E-state index >= 15 is 0 Å². The number of carbonyl (C=O) groups excluding carboxylic acids is 2. The summed E-state index contributed by atoms with van der Waals surface area (Å²) in [6, 6.07) is 32.4. The highest BCUT2D eigenvalue weighted by Gasteiger charge is 2.27. The minimum absolute atomic E-state index is 0.0390. The highest BCUT2D eigenvalue weighted by molar-refractivity contribution is 6.09. The van der Waals surface area contributed by atoms with Gasteiger partial charge in [0.2, 0.25) is 0 Å². The molecule has 0 atom stereocenters. The number of benzene rings is 7. The number of ether oxygens (including phenoxy) is 1. The fraction of sp³-hybridized carbons (Fsp3) is 0.0741. The van der Waals surface area contributed by atoms with Crippen LogP contribution in [0.2, 0.25) is 0 Å². The predicted octanol–water partition coefficient (Wildman–Crippen LogP) is 7.05. The molecule has 342 valence electrons. The Morgan fingerprint density at radius 1 is 0.609 bits per heavy atom. The van der Waals surface area contributed by atoms with Crippen LogP contribution in [0.4, 0.5) is 5.69 Å². The van der Waals surface area contributed by atoms with Gasteiger partial charge in [-0.25, -0.2) is 14.4 Å². The van der Waals surface area contributed by atoms with Crippen molar-refractivity contribution in [3.05, 3.63) is 198 Å². The zero-order chi connectivity index (χ0) is 48.8. The maximum absolute atomic E-state index is 13.5. The Kier molecular flexibility index (Phi) is 11.5. The maximum atomic E-state index is 13.5. The number of aromatic hydroxyl groups is 1. The van der Waals surface area contributed by atoms with Crippen LogP contribution >= 0.6 is 0 Å². The van der Waals surface area contributed by atoms with Gasteiger partial charge in [0.1, 0.15) is 28.6 Å². The zero-order valence-corrected chi connectivity index (χ0v) is 36.7. The quantitative estimate of drug-likeness (QED) is 0.0675. The van der Waals surface area contributed by atoms with E-state index in [1.54, 1.807) is 30.3 Å². The molecule has 0 saturated carbocycles. The van der Waals surface area contributed by atoms with Gasteiger partial charge in [0.05, 0.1) is 28.8 Å². The average Bonchev–Trinajstić information content (AvgIpc) is 3.33. The number of carboxylic acid groups (broad SMARTS) is 3. The summed E-state index contributed by atoms with van der Waals surface area (Å²) in [5.41, 5.74) is 3.45. The van der Waals surface area contributed by atoms with Crippen molar-refractivity contribution in [2.75, 3.05) is 19.0 Å². The normalized spacial score (nSPS) is 11.6. The number of phenols is 1. The van der Waals surface area contributed by atoms with Gasteiger partial charge < -0.3 is 45.1 Å². The van der Waals surface area contributed by atoms with Gasteiger partial charge in [0.15, 0.2) is 5.43 Å². The first-order valence-corrected chi connectivity index (χ1v) is 21.2. The number of anilines is 1. The lowest BCUT2D eigenvalue weighted by atomic mass is 9.88. The van der Waals surface area contributed by atoms with Crippen LogP contribution in [-0.4, -0.2) is 64.2 Å². The van der Waals surface area contributed by atoms with Crippen LogP contribution in [-0.2, 0) is 13.1 Å². The minimum atomic E-state index is -1.40. The van der Waals surface area contributed by atoms with E-state index in [2.05, 4.69) is 17.2 Å². The molecular formula is C54H39N3O12. The number of hydrogen-bond acceptors (Lipinski definition) is 10. The molecule has 6 aromatic carbocycles. The summed E-state index contributed by atoms with van der Waals surface area (Å²) >= 11 is 0. The zero-order valence-electron chi connectivity index (χ0n) is 36.7. The van der Waals surface area contributed by atoms with E-state index in [1.807, 2.05) is 49.3 Å². The van der Waals surface area contributed by atoms with E-state index in [1.165, 1.54) is 60.7 Å². The van der Waals surface area contributed by atoms with Gasteiger partial charge in [-0.15, -0.1) is 0 Å². The fourth-order valence-corrected chi connectivity index (χ4v) is 8.41. The third-order valence-electron chi connectivity index (χ3n) is 11.9. The van der Waals surface area contributed by atoms with Gasteiger partial charge in [-0.1, -0.05) is 43.0 Å². The highest BCUT2D eigenvalue weighted by Crippen LogP contribution is 2.44. The standard InChI is InChI=1S/C54H39N3O12/c1-27-4-13-36-44(20-27)68-45-23-32(57(2)3)11-16-37(45)47(36)34-14-9-30(21-40(34)53(64)65)51(61)55-25-28-5-7-29(8-6-28)50(60)56-26-42-43(59)19-18-39-48(38-17-12-33(58)24-46(38)69-49(39)42)35-15-10-31(52(62)63)22-41(35)54(66)67/h4-24,59H,1,25-26H2,2-3H3,(H,55,61)(H,56,60)(H,62,63)(H,64,65)(H,66,67). The van der Waals surface area contributed by atoms with Crippen LogP contribution in [0.3, 0.4) is 0 Å². The second-order valence-corrected chi connectivity index (χ2v) is 16.5. The third-order valence-corrected chi connectivity index (χ3v) is 11.9. The van der Waals surface area contributed by atoms with Crippen molar-refractivity contribution in [3.8, 4) is 39.7 Å². The first-order chi connectivity index (χ1) is 33.1. The summed E-state index contributed by atoms with van der Waals surface area (Å²) in [5.74, 6) is -4.16. The molecule has 9 rings (SSSR count). The molecule has 6 N–H and O–H groups in total. The van der Waals surface area contributed by atoms with Crippen molar-refractivity contribution < 1.29 is 53.6 Å². The van der Waals surface area contributed by atoms with Crippen LogP contribution in [0.5, 0.6) is 17.2 Å². The summed E-state index contributed by atoms with van der Waals surface area (Å²) in [5, 5.41) is 48.5. The summed E-state index contributed by atoms with van der Waals surface area (Å²) < 4.78 is 12.4. The highest BCUT2D eigenvalue weighted by atomic mass is 16.5. The van der Waals surface area contributed by atoms with E-state index in [4.69, 9.17) is 9.15 Å². The van der Waals surface area contributed by atoms with Crippen molar-refractivity contribution in [2.45, 2.75) is 13.1 Å². The van der Waals surface area contributed by atoms with Crippen LogP contribution in [0, 0.1) is 0 Å². The van der Waals surface area contributed by atoms with Crippen molar-refractivity contribution >= 4 is 58.5 Å². The van der Waals surface area contributed by atoms with Crippen LogP contribution in [0.1, 0.15) is 74.0 Å². The summed E-state index contributed by atoms with van der Waals surface area (Å²) in [6.07, 6.45) is 0. The van der Waals surface area contributed by atoms with E-state index in [0.717, 1.165) is 17.0 Å². The van der Waals surface area contributed by atoms with Gasteiger partial charge in [0.25, 0.3) is 11.8 Å². The monoisotopic (exact) mass is 921 g/mol. The third kappa shape index (κ3) is 8.47. The number of rotatable bonds is 12. The smallest absolute Gasteiger partial charge is 0.336 e. The van der Waals surface area contributed by atoms with Crippen LogP contribution < -0.4 is 36.1 Å². The van der Waals surface area contributed by atoms with E-state index in [9.17, 15) is 49.2 Å². The molecule has 0 unspecified atom stereocenters. The van der Waals surface area contributed by atoms with Crippen molar-refractivity contribution in [1.29, 1.82) is 0 Å². The number of carbonyl (C=O) groups is 5. The Morgan fingerprint density at radius 2 is 1.25 bits per heavy atom. The van der Waals surface area contributed by atoms with E-state index in [-0.39, 0.29) is 69.1 Å². The Bertz CT molecular complexity index is 3650. The van der Waals surface area contributed by atoms with Gasteiger partial charge in [-0.3, -0.25) is 14.4 Å². The van der Waals surface area contributed by atoms with E-state index < -0.39 is 35.2 Å². The Hall–Kier alpha value is -9.50. The maximum Gasteiger partial charge on any atom is 0.336 e. The minimum Gasteiger partial charge on any atom is -0.507 e. The molecular weight excluding hydrogens is 883 g/mol. The summed E-state index contributed by atoms with van der Waals surface area (Å²) in [4.78, 5) is 78.4. The molecule has 0 saturated heterocycles. The molecule has 2 heterocycles. The van der Waals surface area contributed by atoms with Gasteiger partial charge in [0, 0.05) is 82.5 Å². The number of fused-ring (bicyclic) bond motifs is 4. The Balaban J connectivity index is 0.939. The largest absolute Gasteiger partial charge is 0.507 e. The lowest BCUT2D eigenvalue weighted by Crippen LogP contribution is -2.25. The molecule has 15 nitrogen and oxygen atoms in total.